The third kappa shape index (κ3) is 3.99. The second-order valence-electron chi connectivity index (χ2n) is 8.65. The van der Waals surface area contributed by atoms with Crippen molar-refractivity contribution in [3.05, 3.63) is 51.5 Å². The number of imidazole rings is 1. The number of para-hydroxylation sites is 2. The Hall–Kier alpha value is -2.67. The highest BCUT2D eigenvalue weighted by Crippen LogP contribution is 2.33. The molecule has 0 unspecified atom stereocenters. The fourth-order valence-electron chi connectivity index (χ4n) is 4.77. The first-order valence-electron chi connectivity index (χ1n) is 11.2. The highest BCUT2D eigenvalue weighted by molar-refractivity contribution is 7.14. The number of thiophene rings is 1. The Balaban J connectivity index is 1.22. The number of carbonyl (C=O) groups excluding carboxylic acids is 2. The number of nitrogens with one attached hydrogen (secondary N) is 1. The van der Waals surface area contributed by atoms with Crippen molar-refractivity contribution >= 4 is 34.2 Å². The lowest BCUT2D eigenvalue weighted by Gasteiger charge is -2.26. The number of rotatable bonds is 4. The quantitative estimate of drug-likeness (QED) is 0.678. The molecule has 0 bridgehead atoms. The maximum absolute atomic E-state index is 12.9. The van der Waals surface area contributed by atoms with Gasteiger partial charge < -0.3 is 14.8 Å². The third-order valence-electron chi connectivity index (χ3n) is 6.61. The zero-order valence-electron chi connectivity index (χ0n) is 17.9. The average molecular weight is 437 g/mol. The third-order valence-corrected chi connectivity index (χ3v) is 7.83. The number of likely N-dealkylation sites (tertiary alicyclic amines) is 1. The predicted molar refractivity (Wildman–Crippen MR) is 122 cm³/mol. The van der Waals surface area contributed by atoms with Crippen molar-refractivity contribution in [2.24, 2.45) is 13.0 Å². The number of benzene rings is 1. The standard InChI is InChI=1S/C24H28N4O2S/c1-27-19-8-4-3-7-18(19)26-22(27)15-25-23(29)16-9-10-20-17(13-16)14-21(31-20)24(30)28-11-5-2-6-12-28/h3-4,7-8,14,16H,2,5-6,9-13,15H2,1H3,(H,25,29)/t16-/m0/s1. The van der Waals surface area contributed by atoms with Crippen molar-refractivity contribution < 1.29 is 9.59 Å². The molecule has 7 heteroatoms. The van der Waals surface area contributed by atoms with Crippen LogP contribution in [0.3, 0.4) is 0 Å². The number of fused-ring (bicyclic) bond motifs is 2. The van der Waals surface area contributed by atoms with Gasteiger partial charge in [-0.05, 0) is 62.3 Å². The zero-order valence-corrected chi connectivity index (χ0v) is 18.7. The van der Waals surface area contributed by atoms with E-state index >= 15 is 0 Å². The number of hydrogen-bond acceptors (Lipinski definition) is 4. The van der Waals surface area contributed by atoms with Gasteiger partial charge in [0.2, 0.25) is 5.91 Å². The summed E-state index contributed by atoms with van der Waals surface area (Å²) in [7, 11) is 1.98. The van der Waals surface area contributed by atoms with Crippen LogP contribution in [-0.4, -0.2) is 39.4 Å². The molecule has 1 atom stereocenters. The molecule has 31 heavy (non-hydrogen) atoms. The Kier molecular flexibility index (Phi) is 5.52. The van der Waals surface area contributed by atoms with E-state index < -0.39 is 0 Å². The van der Waals surface area contributed by atoms with Crippen molar-refractivity contribution in [1.29, 1.82) is 0 Å². The Labute approximate surface area is 186 Å². The van der Waals surface area contributed by atoms with Crippen LogP contribution in [0.15, 0.2) is 30.3 Å². The molecule has 0 radical (unpaired) electrons. The number of piperidine rings is 1. The second kappa shape index (κ2) is 8.46. The molecule has 0 saturated carbocycles. The first-order chi connectivity index (χ1) is 15.1. The SMILES string of the molecule is Cn1c(CNC(=O)[C@H]2CCc3sc(C(=O)N4CCCCC4)cc3C2)nc2ccccc21. The smallest absolute Gasteiger partial charge is 0.263 e. The lowest BCUT2D eigenvalue weighted by molar-refractivity contribution is -0.125. The van der Waals surface area contributed by atoms with Gasteiger partial charge in [0.15, 0.2) is 0 Å². The Bertz CT molecular complexity index is 1130. The van der Waals surface area contributed by atoms with Crippen LogP contribution in [-0.2, 0) is 31.2 Å². The number of aryl methyl sites for hydroxylation is 2. The molecule has 1 aromatic carbocycles. The van der Waals surface area contributed by atoms with Crippen molar-refractivity contribution in [3.8, 4) is 0 Å². The summed E-state index contributed by atoms with van der Waals surface area (Å²) in [5.41, 5.74) is 3.19. The van der Waals surface area contributed by atoms with Gasteiger partial charge in [-0.3, -0.25) is 9.59 Å². The minimum atomic E-state index is -0.0466. The van der Waals surface area contributed by atoms with Crippen LogP contribution in [0.5, 0.6) is 0 Å². The van der Waals surface area contributed by atoms with Crippen molar-refractivity contribution in [2.75, 3.05) is 13.1 Å². The molecule has 1 fully saturated rings. The minimum Gasteiger partial charge on any atom is -0.349 e. The van der Waals surface area contributed by atoms with E-state index in [0.717, 1.165) is 60.5 Å². The molecule has 1 N–H and O–H groups in total. The second-order valence-corrected chi connectivity index (χ2v) is 9.78. The molecule has 5 rings (SSSR count). The van der Waals surface area contributed by atoms with E-state index in [0.29, 0.717) is 13.0 Å². The van der Waals surface area contributed by atoms with Crippen LogP contribution >= 0.6 is 11.3 Å². The van der Waals surface area contributed by atoms with Crippen LogP contribution in [0.25, 0.3) is 11.0 Å². The first-order valence-corrected chi connectivity index (χ1v) is 12.0. The number of carbonyl (C=O) groups is 2. The van der Waals surface area contributed by atoms with Crippen LogP contribution in [0.1, 0.15) is 51.6 Å². The van der Waals surface area contributed by atoms with Gasteiger partial charge in [0.25, 0.3) is 5.91 Å². The van der Waals surface area contributed by atoms with Gasteiger partial charge in [0, 0.05) is 30.9 Å². The van der Waals surface area contributed by atoms with E-state index in [1.165, 1.54) is 16.9 Å². The van der Waals surface area contributed by atoms with Gasteiger partial charge in [0.1, 0.15) is 5.82 Å². The van der Waals surface area contributed by atoms with Crippen LogP contribution in [0.2, 0.25) is 0 Å². The molecule has 2 aromatic heterocycles. The summed E-state index contributed by atoms with van der Waals surface area (Å²) < 4.78 is 2.03. The first kappa shape index (κ1) is 20.2. The van der Waals surface area contributed by atoms with Gasteiger partial charge in [-0.1, -0.05) is 12.1 Å². The van der Waals surface area contributed by atoms with Crippen molar-refractivity contribution in [3.63, 3.8) is 0 Å². The van der Waals surface area contributed by atoms with Gasteiger partial charge in [0.05, 0.1) is 22.5 Å². The molecule has 2 aliphatic rings. The van der Waals surface area contributed by atoms with Gasteiger partial charge in [-0.15, -0.1) is 11.3 Å². The van der Waals surface area contributed by atoms with Crippen LogP contribution in [0.4, 0.5) is 0 Å². The summed E-state index contributed by atoms with van der Waals surface area (Å²) in [4.78, 5) is 34.5. The summed E-state index contributed by atoms with van der Waals surface area (Å²) in [6.07, 6.45) is 5.84. The lowest BCUT2D eigenvalue weighted by atomic mass is 9.87. The predicted octanol–water partition coefficient (Wildman–Crippen LogP) is 3.68. The lowest BCUT2D eigenvalue weighted by Crippen LogP contribution is -2.35. The number of aromatic nitrogens is 2. The van der Waals surface area contributed by atoms with Gasteiger partial charge >= 0.3 is 0 Å². The van der Waals surface area contributed by atoms with E-state index in [2.05, 4.69) is 10.3 Å². The fourth-order valence-corrected chi connectivity index (χ4v) is 5.95. The number of amides is 2. The maximum Gasteiger partial charge on any atom is 0.263 e. The largest absolute Gasteiger partial charge is 0.349 e. The summed E-state index contributed by atoms with van der Waals surface area (Å²) >= 11 is 1.63. The Morgan fingerprint density at radius 3 is 2.81 bits per heavy atom. The summed E-state index contributed by atoms with van der Waals surface area (Å²) in [6.45, 7) is 2.17. The van der Waals surface area contributed by atoms with Gasteiger partial charge in [-0.2, -0.15) is 0 Å². The molecule has 162 valence electrons. The Morgan fingerprint density at radius 1 is 1.19 bits per heavy atom. The molecule has 6 nitrogen and oxygen atoms in total. The molecule has 1 aliphatic heterocycles. The summed E-state index contributed by atoms with van der Waals surface area (Å²) in [6, 6.07) is 10.0. The molecule has 0 spiro atoms. The molecule has 3 aromatic rings. The zero-order chi connectivity index (χ0) is 21.4. The maximum atomic E-state index is 12.9. The summed E-state index contributed by atoms with van der Waals surface area (Å²) in [5.74, 6) is 1.06. The average Bonchev–Trinajstić information content (AvgIpc) is 3.38. The van der Waals surface area contributed by atoms with Crippen molar-refractivity contribution in [2.45, 2.75) is 45.1 Å². The van der Waals surface area contributed by atoms with E-state index in [9.17, 15) is 9.59 Å². The highest BCUT2D eigenvalue weighted by Gasteiger charge is 2.29. The van der Waals surface area contributed by atoms with E-state index in [4.69, 9.17) is 0 Å². The fraction of sp³-hybridized carbons (Fsp3) is 0.458. The van der Waals surface area contributed by atoms with E-state index in [1.807, 2.05) is 46.8 Å². The topological polar surface area (TPSA) is 67.2 Å². The monoisotopic (exact) mass is 436 g/mol. The van der Waals surface area contributed by atoms with Crippen molar-refractivity contribution in [1.82, 2.24) is 19.8 Å². The highest BCUT2D eigenvalue weighted by atomic mass is 32.1. The van der Waals surface area contributed by atoms with Crippen LogP contribution < -0.4 is 5.32 Å². The number of nitrogens with zero attached hydrogens (tertiary/aromatic N) is 3. The Morgan fingerprint density at radius 2 is 2.00 bits per heavy atom. The normalized spacial score (nSPS) is 18.7. The number of hydrogen-bond donors (Lipinski definition) is 1. The minimum absolute atomic E-state index is 0.0466. The molecular weight excluding hydrogens is 408 g/mol. The molecule has 1 saturated heterocycles. The summed E-state index contributed by atoms with van der Waals surface area (Å²) in [5, 5.41) is 3.09. The van der Waals surface area contributed by atoms with Gasteiger partial charge in [-0.25, -0.2) is 4.98 Å². The molecule has 2 amide bonds. The molecule has 1 aliphatic carbocycles. The van der Waals surface area contributed by atoms with E-state index in [-0.39, 0.29) is 17.7 Å². The van der Waals surface area contributed by atoms with E-state index in [1.54, 1.807) is 11.3 Å². The van der Waals surface area contributed by atoms with Crippen LogP contribution in [0, 0.1) is 5.92 Å². The molecule has 3 heterocycles. The molecular formula is C24H28N4O2S.